The van der Waals surface area contributed by atoms with Gasteiger partial charge in [0.15, 0.2) is 0 Å². The van der Waals surface area contributed by atoms with E-state index >= 15 is 0 Å². The number of rotatable bonds is 6. The second-order valence-electron chi connectivity index (χ2n) is 11.5. The van der Waals surface area contributed by atoms with Gasteiger partial charge in [-0.25, -0.2) is 14.8 Å². The first-order chi connectivity index (χ1) is 20.5. The van der Waals surface area contributed by atoms with Crippen molar-refractivity contribution in [3.63, 3.8) is 0 Å². The van der Waals surface area contributed by atoms with E-state index in [0.29, 0.717) is 36.4 Å². The molecule has 7 rings (SSSR count). The van der Waals surface area contributed by atoms with Crippen LogP contribution in [0, 0.1) is 11.8 Å². The molecule has 9 nitrogen and oxygen atoms in total. The molecule has 10 heteroatoms. The Balaban J connectivity index is 1.45. The van der Waals surface area contributed by atoms with E-state index in [4.69, 9.17) is 30.8 Å². The number of hydrogen-bond acceptors (Lipinski definition) is 7. The summed E-state index contributed by atoms with van der Waals surface area (Å²) in [6, 6.07) is 20.1. The van der Waals surface area contributed by atoms with E-state index in [1.54, 1.807) is 0 Å². The Morgan fingerprint density at radius 3 is 2.62 bits per heavy atom. The van der Waals surface area contributed by atoms with Crippen LogP contribution in [-0.4, -0.2) is 44.4 Å². The number of ether oxygens (including phenoxy) is 1. The second-order valence-corrected chi connectivity index (χ2v) is 12.0. The lowest BCUT2D eigenvalue weighted by Crippen LogP contribution is -2.41. The number of anilines is 1. The molecule has 4 heterocycles. The van der Waals surface area contributed by atoms with Crippen LogP contribution in [0.3, 0.4) is 0 Å². The summed E-state index contributed by atoms with van der Waals surface area (Å²) in [5.74, 6) is 1.82. The van der Waals surface area contributed by atoms with Gasteiger partial charge in [-0.05, 0) is 48.4 Å². The van der Waals surface area contributed by atoms with Crippen LogP contribution < -0.4 is 10.7 Å². The van der Waals surface area contributed by atoms with Gasteiger partial charge in [0.05, 0.1) is 36.0 Å². The molecule has 0 amide bonds. The molecule has 5 aromatic rings. The highest BCUT2D eigenvalue weighted by atomic mass is 35.5. The molecule has 1 atom stereocenters. The molecular weight excluding hydrogens is 552 g/mol. The SMILES string of the molecule is CC1CCC(Cn2c(N3CCOC[C@H]3c3ccccc3)nc3cc(-c4noc(=O)[nH]4)nc(-c4cccc(Cl)c4)c32)CC1. The average molecular weight is 585 g/mol. The van der Waals surface area contributed by atoms with Crippen LogP contribution in [0.2, 0.25) is 5.02 Å². The van der Waals surface area contributed by atoms with Gasteiger partial charge < -0.3 is 14.2 Å². The van der Waals surface area contributed by atoms with Gasteiger partial charge in [-0.3, -0.25) is 9.51 Å². The standard InChI is InChI=1S/C32H33ClN6O3/c1-20-10-12-21(13-11-20)18-39-29-25(35-31(39)38-14-15-41-19-27(38)22-6-3-2-4-7-22)17-26(30-36-32(40)42-37-30)34-28(29)23-8-5-9-24(33)16-23/h2-9,16-17,20-21,27H,10-15,18-19H2,1H3,(H,36,37,40)/t20?,21?,27-/m0/s1. The van der Waals surface area contributed by atoms with E-state index in [1.807, 2.05) is 36.4 Å². The number of imidazole rings is 1. The van der Waals surface area contributed by atoms with Crippen molar-refractivity contribution >= 4 is 28.6 Å². The Hall–Kier alpha value is -3.95. The first-order valence-corrected chi connectivity index (χ1v) is 15.0. The van der Waals surface area contributed by atoms with E-state index < -0.39 is 5.76 Å². The van der Waals surface area contributed by atoms with Crippen molar-refractivity contribution < 1.29 is 9.26 Å². The van der Waals surface area contributed by atoms with Gasteiger partial charge in [0.1, 0.15) is 5.69 Å². The number of halogens is 1. The summed E-state index contributed by atoms with van der Waals surface area (Å²) in [5.41, 5.74) is 4.99. The highest BCUT2D eigenvalue weighted by Crippen LogP contribution is 2.39. The fourth-order valence-corrected chi connectivity index (χ4v) is 6.59. The molecule has 2 fully saturated rings. The first kappa shape index (κ1) is 26.9. The molecule has 0 bridgehead atoms. The zero-order valence-electron chi connectivity index (χ0n) is 23.5. The molecule has 0 radical (unpaired) electrons. The molecule has 1 saturated heterocycles. The molecule has 0 spiro atoms. The zero-order valence-corrected chi connectivity index (χ0v) is 24.3. The maximum absolute atomic E-state index is 11.8. The van der Waals surface area contributed by atoms with Gasteiger partial charge in [0, 0.05) is 23.7 Å². The summed E-state index contributed by atoms with van der Waals surface area (Å²) in [6.07, 6.45) is 4.84. The van der Waals surface area contributed by atoms with E-state index in [2.05, 4.69) is 50.8 Å². The van der Waals surface area contributed by atoms with Gasteiger partial charge in [0.2, 0.25) is 11.8 Å². The Morgan fingerprint density at radius 1 is 1.02 bits per heavy atom. The van der Waals surface area contributed by atoms with Crippen molar-refractivity contribution in [3.05, 3.63) is 81.8 Å². The third-order valence-electron chi connectivity index (χ3n) is 8.63. The number of H-pyrrole nitrogens is 1. The van der Waals surface area contributed by atoms with Crippen LogP contribution in [0.25, 0.3) is 33.8 Å². The topological polar surface area (TPSA) is 102 Å². The maximum Gasteiger partial charge on any atom is 0.439 e. The minimum Gasteiger partial charge on any atom is -0.377 e. The number of hydrogen-bond donors (Lipinski definition) is 1. The monoisotopic (exact) mass is 584 g/mol. The number of benzene rings is 2. The fourth-order valence-electron chi connectivity index (χ4n) is 6.40. The Kier molecular flexibility index (Phi) is 7.29. The second kappa shape index (κ2) is 11.4. The van der Waals surface area contributed by atoms with E-state index in [9.17, 15) is 4.79 Å². The van der Waals surface area contributed by atoms with Crippen LogP contribution in [0.4, 0.5) is 5.95 Å². The molecular formula is C32H33ClN6O3. The Labute approximate surface area is 248 Å². The summed E-state index contributed by atoms with van der Waals surface area (Å²) < 4.78 is 13.2. The molecule has 2 aliphatic rings. The van der Waals surface area contributed by atoms with E-state index in [0.717, 1.165) is 40.7 Å². The molecule has 1 N–H and O–H groups in total. The van der Waals surface area contributed by atoms with Crippen molar-refractivity contribution in [2.75, 3.05) is 24.7 Å². The van der Waals surface area contributed by atoms with Crippen molar-refractivity contribution in [1.29, 1.82) is 0 Å². The molecule has 2 aromatic carbocycles. The third-order valence-corrected chi connectivity index (χ3v) is 8.87. The Bertz CT molecular complexity index is 1760. The maximum atomic E-state index is 11.8. The number of nitrogens with one attached hydrogen (secondary N) is 1. The highest BCUT2D eigenvalue weighted by molar-refractivity contribution is 6.30. The van der Waals surface area contributed by atoms with Gasteiger partial charge in [0.25, 0.3) is 0 Å². The van der Waals surface area contributed by atoms with Crippen LogP contribution in [0.5, 0.6) is 0 Å². The first-order valence-electron chi connectivity index (χ1n) is 14.7. The van der Waals surface area contributed by atoms with E-state index in [1.165, 1.54) is 31.2 Å². The van der Waals surface area contributed by atoms with Gasteiger partial charge in [-0.1, -0.05) is 79.0 Å². The molecule has 216 valence electrons. The number of aromatic nitrogens is 5. The summed E-state index contributed by atoms with van der Waals surface area (Å²) in [4.78, 5) is 27.2. The summed E-state index contributed by atoms with van der Waals surface area (Å²) in [7, 11) is 0. The lowest BCUT2D eigenvalue weighted by molar-refractivity contribution is 0.0927. The lowest BCUT2D eigenvalue weighted by Gasteiger charge is -2.37. The van der Waals surface area contributed by atoms with Crippen LogP contribution >= 0.6 is 11.6 Å². The summed E-state index contributed by atoms with van der Waals surface area (Å²) in [6.45, 7) is 5.11. The lowest BCUT2D eigenvalue weighted by atomic mass is 9.83. The number of pyridine rings is 1. The minimum absolute atomic E-state index is 0.0239. The number of nitrogens with zero attached hydrogens (tertiary/aromatic N) is 5. The Morgan fingerprint density at radius 2 is 1.86 bits per heavy atom. The minimum atomic E-state index is -0.632. The van der Waals surface area contributed by atoms with Gasteiger partial charge in [-0.15, -0.1) is 0 Å². The summed E-state index contributed by atoms with van der Waals surface area (Å²) >= 11 is 6.48. The molecule has 3 aromatic heterocycles. The van der Waals surface area contributed by atoms with Crippen molar-refractivity contribution in [2.24, 2.45) is 11.8 Å². The predicted octanol–water partition coefficient (Wildman–Crippen LogP) is 6.50. The average Bonchev–Trinajstić information content (AvgIpc) is 3.62. The fraction of sp³-hybridized carbons (Fsp3) is 0.375. The summed E-state index contributed by atoms with van der Waals surface area (Å²) in [5, 5.41) is 4.54. The van der Waals surface area contributed by atoms with Crippen LogP contribution in [0.1, 0.15) is 44.2 Å². The number of aromatic amines is 1. The normalized spacial score (nSPS) is 21.2. The molecule has 1 aliphatic heterocycles. The van der Waals surface area contributed by atoms with Crippen molar-refractivity contribution in [2.45, 2.75) is 45.2 Å². The van der Waals surface area contributed by atoms with Gasteiger partial charge in [-0.2, -0.15) is 0 Å². The van der Waals surface area contributed by atoms with Crippen LogP contribution in [-0.2, 0) is 11.3 Å². The number of morpholine rings is 1. The molecule has 1 saturated carbocycles. The highest BCUT2D eigenvalue weighted by Gasteiger charge is 2.32. The molecule has 1 aliphatic carbocycles. The molecule has 0 unspecified atom stereocenters. The number of fused-ring (bicyclic) bond motifs is 1. The smallest absolute Gasteiger partial charge is 0.377 e. The molecule has 42 heavy (non-hydrogen) atoms. The van der Waals surface area contributed by atoms with Crippen LogP contribution in [0.15, 0.2) is 70.0 Å². The largest absolute Gasteiger partial charge is 0.439 e. The van der Waals surface area contributed by atoms with Crippen molar-refractivity contribution in [3.8, 4) is 22.8 Å². The zero-order chi connectivity index (χ0) is 28.6. The third kappa shape index (κ3) is 5.23. The predicted molar refractivity (Wildman–Crippen MR) is 163 cm³/mol. The quantitative estimate of drug-likeness (QED) is 0.243. The van der Waals surface area contributed by atoms with E-state index in [-0.39, 0.29) is 11.9 Å². The van der Waals surface area contributed by atoms with Crippen molar-refractivity contribution in [1.82, 2.24) is 24.7 Å². The van der Waals surface area contributed by atoms with Gasteiger partial charge >= 0.3 is 5.76 Å².